The van der Waals surface area contributed by atoms with Crippen LogP contribution in [0.5, 0.6) is 0 Å². The number of rotatable bonds is 3. The molecular weight excluding hydrogens is 170 g/mol. The minimum atomic E-state index is 0.316. The fourth-order valence-electron chi connectivity index (χ4n) is 1.39. The third-order valence-electron chi connectivity index (χ3n) is 2.13. The monoisotopic (exact) mass is 183 g/mol. The molecule has 1 unspecified atom stereocenters. The number of ether oxygens (including phenoxy) is 1. The van der Waals surface area contributed by atoms with Gasteiger partial charge in [0.2, 0.25) is 5.95 Å². The Labute approximate surface area is 76.3 Å². The van der Waals surface area contributed by atoms with Crippen LogP contribution in [-0.4, -0.2) is 39.5 Å². The van der Waals surface area contributed by atoms with Crippen molar-refractivity contribution < 1.29 is 4.74 Å². The fraction of sp³-hybridized carbons (Fsp3) is 0.857. The lowest BCUT2D eigenvalue weighted by atomic mass is 10.2. The molecule has 1 aliphatic rings. The predicted octanol–water partition coefficient (Wildman–Crippen LogP) is -0.199. The number of aryl methyl sites for hydroxylation is 1. The van der Waals surface area contributed by atoms with Crippen molar-refractivity contribution >= 4 is 5.95 Å². The molecule has 1 aromatic rings. The Balaban J connectivity index is 1.82. The lowest BCUT2D eigenvalue weighted by molar-refractivity contribution is 0.120. The van der Waals surface area contributed by atoms with Crippen LogP contribution in [0.1, 0.15) is 12.8 Å². The van der Waals surface area contributed by atoms with Crippen LogP contribution in [0.4, 0.5) is 5.95 Å². The van der Waals surface area contributed by atoms with Crippen molar-refractivity contribution in [3.05, 3.63) is 0 Å². The zero-order valence-electron chi connectivity index (χ0n) is 7.60. The summed E-state index contributed by atoms with van der Waals surface area (Å²) in [6.45, 7) is 1.66. The van der Waals surface area contributed by atoms with Crippen molar-refractivity contribution in [2.24, 2.45) is 7.05 Å². The van der Waals surface area contributed by atoms with Crippen LogP contribution in [0.2, 0.25) is 0 Å². The number of nitrogens with one attached hydrogen (secondary N) is 1. The van der Waals surface area contributed by atoms with Crippen LogP contribution in [0, 0.1) is 0 Å². The van der Waals surface area contributed by atoms with E-state index in [1.165, 1.54) is 0 Å². The topological polar surface area (TPSA) is 64.9 Å². The Hall–Kier alpha value is -1.17. The Kier molecular flexibility index (Phi) is 2.40. The van der Waals surface area contributed by atoms with Gasteiger partial charge in [0.25, 0.3) is 0 Å². The van der Waals surface area contributed by atoms with Gasteiger partial charge in [0, 0.05) is 20.2 Å². The summed E-state index contributed by atoms with van der Waals surface area (Å²) in [7, 11) is 1.80. The van der Waals surface area contributed by atoms with E-state index in [2.05, 4.69) is 20.8 Å². The predicted molar refractivity (Wildman–Crippen MR) is 46.3 cm³/mol. The summed E-state index contributed by atoms with van der Waals surface area (Å²) in [4.78, 5) is 0. The molecule has 1 aromatic heterocycles. The van der Waals surface area contributed by atoms with Gasteiger partial charge in [0.15, 0.2) is 0 Å². The van der Waals surface area contributed by atoms with Gasteiger partial charge >= 0.3 is 0 Å². The molecule has 2 rings (SSSR count). The molecule has 13 heavy (non-hydrogen) atoms. The number of tetrazole rings is 1. The molecule has 1 fully saturated rings. The maximum atomic E-state index is 5.45. The minimum Gasteiger partial charge on any atom is -0.376 e. The number of aromatic nitrogens is 4. The van der Waals surface area contributed by atoms with Gasteiger partial charge in [-0.15, -0.1) is 0 Å². The first kappa shape index (κ1) is 8.43. The first-order valence-electron chi connectivity index (χ1n) is 4.44. The van der Waals surface area contributed by atoms with Crippen molar-refractivity contribution in [2.75, 3.05) is 18.5 Å². The summed E-state index contributed by atoms with van der Waals surface area (Å²) >= 11 is 0. The van der Waals surface area contributed by atoms with Gasteiger partial charge < -0.3 is 10.1 Å². The molecule has 0 aromatic carbocycles. The van der Waals surface area contributed by atoms with E-state index in [0.717, 1.165) is 26.0 Å². The molecule has 0 saturated carbocycles. The van der Waals surface area contributed by atoms with Crippen molar-refractivity contribution in [1.82, 2.24) is 20.2 Å². The Bertz CT molecular complexity index is 268. The highest BCUT2D eigenvalue weighted by atomic mass is 16.5. The lowest BCUT2D eigenvalue weighted by Gasteiger charge is -2.09. The second-order valence-electron chi connectivity index (χ2n) is 3.14. The third-order valence-corrected chi connectivity index (χ3v) is 2.13. The Morgan fingerprint density at radius 1 is 1.69 bits per heavy atom. The number of anilines is 1. The molecule has 0 radical (unpaired) electrons. The number of hydrogen-bond acceptors (Lipinski definition) is 5. The molecule has 6 heteroatoms. The van der Waals surface area contributed by atoms with Gasteiger partial charge in [-0.25, -0.2) is 4.68 Å². The van der Waals surface area contributed by atoms with Gasteiger partial charge in [0.05, 0.1) is 6.10 Å². The molecule has 0 aliphatic carbocycles. The van der Waals surface area contributed by atoms with Gasteiger partial charge in [-0.2, -0.15) is 0 Å². The van der Waals surface area contributed by atoms with E-state index in [1.807, 2.05) is 0 Å². The SMILES string of the molecule is Cn1nnnc1NCC1CCCO1. The largest absolute Gasteiger partial charge is 0.376 e. The molecule has 1 saturated heterocycles. The maximum Gasteiger partial charge on any atom is 0.242 e. The molecule has 72 valence electrons. The highest BCUT2D eigenvalue weighted by Crippen LogP contribution is 2.11. The van der Waals surface area contributed by atoms with Crippen LogP contribution in [-0.2, 0) is 11.8 Å². The van der Waals surface area contributed by atoms with Gasteiger partial charge in [-0.3, -0.25) is 0 Å². The van der Waals surface area contributed by atoms with Crippen molar-refractivity contribution in [1.29, 1.82) is 0 Å². The quantitative estimate of drug-likeness (QED) is 0.703. The summed E-state index contributed by atoms with van der Waals surface area (Å²) in [6, 6.07) is 0. The van der Waals surface area contributed by atoms with E-state index >= 15 is 0 Å². The zero-order valence-corrected chi connectivity index (χ0v) is 7.60. The molecule has 1 N–H and O–H groups in total. The standard InChI is InChI=1S/C7H13N5O/c1-12-7(9-10-11-12)8-5-6-3-2-4-13-6/h6H,2-5H2,1H3,(H,8,9,11). The normalized spacial score (nSPS) is 22.1. The molecule has 1 atom stereocenters. The molecule has 1 aliphatic heterocycles. The van der Waals surface area contributed by atoms with E-state index < -0.39 is 0 Å². The second-order valence-corrected chi connectivity index (χ2v) is 3.14. The molecule has 0 spiro atoms. The summed E-state index contributed by atoms with van der Waals surface area (Å²) in [5, 5.41) is 14.2. The summed E-state index contributed by atoms with van der Waals surface area (Å²) < 4.78 is 7.06. The third kappa shape index (κ3) is 1.95. The average molecular weight is 183 g/mol. The highest BCUT2D eigenvalue weighted by Gasteiger charge is 2.15. The first-order valence-corrected chi connectivity index (χ1v) is 4.44. The van der Waals surface area contributed by atoms with Crippen LogP contribution in [0.3, 0.4) is 0 Å². The second kappa shape index (κ2) is 3.69. The smallest absolute Gasteiger partial charge is 0.242 e. The van der Waals surface area contributed by atoms with Crippen LogP contribution in [0.25, 0.3) is 0 Å². The van der Waals surface area contributed by atoms with E-state index in [9.17, 15) is 0 Å². The van der Waals surface area contributed by atoms with E-state index in [0.29, 0.717) is 12.1 Å². The van der Waals surface area contributed by atoms with Crippen LogP contribution in [0.15, 0.2) is 0 Å². The van der Waals surface area contributed by atoms with Gasteiger partial charge in [-0.05, 0) is 23.3 Å². The summed E-state index contributed by atoms with van der Waals surface area (Å²) in [5.41, 5.74) is 0. The minimum absolute atomic E-state index is 0.316. The highest BCUT2D eigenvalue weighted by molar-refractivity contribution is 5.20. The van der Waals surface area contributed by atoms with Crippen LogP contribution < -0.4 is 5.32 Å². The van der Waals surface area contributed by atoms with E-state index in [4.69, 9.17) is 4.74 Å². The molecule has 0 bridgehead atoms. The molecular formula is C7H13N5O. The first-order chi connectivity index (χ1) is 6.36. The number of nitrogens with zero attached hydrogens (tertiary/aromatic N) is 4. The van der Waals surface area contributed by atoms with Gasteiger partial charge in [0.1, 0.15) is 0 Å². The summed E-state index contributed by atoms with van der Waals surface area (Å²) in [5.74, 6) is 0.690. The average Bonchev–Trinajstić information content (AvgIpc) is 2.72. The van der Waals surface area contributed by atoms with Gasteiger partial charge in [-0.1, -0.05) is 5.10 Å². The zero-order chi connectivity index (χ0) is 9.10. The molecule has 6 nitrogen and oxygen atoms in total. The van der Waals surface area contributed by atoms with Crippen molar-refractivity contribution in [3.63, 3.8) is 0 Å². The lowest BCUT2D eigenvalue weighted by Crippen LogP contribution is -2.20. The molecule has 0 amide bonds. The van der Waals surface area contributed by atoms with Crippen molar-refractivity contribution in [2.45, 2.75) is 18.9 Å². The van der Waals surface area contributed by atoms with Crippen LogP contribution >= 0.6 is 0 Å². The Morgan fingerprint density at radius 3 is 3.23 bits per heavy atom. The molecule has 2 heterocycles. The fourth-order valence-corrected chi connectivity index (χ4v) is 1.39. The maximum absolute atomic E-state index is 5.45. The van der Waals surface area contributed by atoms with E-state index in [1.54, 1.807) is 11.7 Å². The van der Waals surface area contributed by atoms with E-state index in [-0.39, 0.29) is 0 Å². The summed E-state index contributed by atoms with van der Waals surface area (Å²) in [6.07, 6.45) is 2.60. The number of hydrogen-bond donors (Lipinski definition) is 1. The Morgan fingerprint density at radius 2 is 2.62 bits per heavy atom. The van der Waals surface area contributed by atoms with Crippen molar-refractivity contribution in [3.8, 4) is 0 Å².